The van der Waals surface area contributed by atoms with E-state index in [9.17, 15) is 19.8 Å². The first-order valence-electron chi connectivity index (χ1n) is 10.9. The van der Waals surface area contributed by atoms with Gasteiger partial charge in [0.1, 0.15) is 17.3 Å². The van der Waals surface area contributed by atoms with E-state index in [0.717, 1.165) is 31.2 Å². The number of ketones is 1. The molecular formula is C25H26ClNO5. The maximum Gasteiger partial charge on any atom is 0.295 e. The van der Waals surface area contributed by atoms with E-state index in [1.807, 2.05) is 13.8 Å². The molecule has 0 radical (unpaired) electrons. The van der Waals surface area contributed by atoms with Crippen molar-refractivity contribution in [2.45, 2.75) is 51.6 Å². The molecule has 2 aromatic carbocycles. The van der Waals surface area contributed by atoms with E-state index in [2.05, 4.69) is 0 Å². The maximum absolute atomic E-state index is 13.2. The van der Waals surface area contributed by atoms with Crippen LogP contribution in [0.2, 0.25) is 5.02 Å². The molecular weight excluding hydrogens is 430 g/mol. The molecule has 1 saturated heterocycles. The molecule has 1 aliphatic carbocycles. The zero-order valence-electron chi connectivity index (χ0n) is 18.1. The molecule has 6 nitrogen and oxygen atoms in total. The Kier molecular flexibility index (Phi) is 6.15. The predicted octanol–water partition coefficient (Wildman–Crippen LogP) is 5.12. The molecule has 1 amide bonds. The lowest BCUT2D eigenvalue weighted by Crippen LogP contribution is -2.37. The highest BCUT2D eigenvalue weighted by Crippen LogP contribution is 2.44. The quantitative estimate of drug-likeness (QED) is 0.371. The molecule has 1 unspecified atom stereocenters. The summed E-state index contributed by atoms with van der Waals surface area (Å²) < 4.78 is 5.57. The Morgan fingerprint density at radius 1 is 1.16 bits per heavy atom. The molecule has 2 fully saturated rings. The first-order chi connectivity index (χ1) is 15.3. The fourth-order valence-electron chi connectivity index (χ4n) is 4.70. The summed E-state index contributed by atoms with van der Waals surface area (Å²) in [6.45, 7) is 4.26. The number of carbonyl (C=O) groups excluding carboxylic acids is 2. The van der Waals surface area contributed by atoms with E-state index in [0.29, 0.717) is 23.5 Å². The van der Waals surface area contributed by atoms with Crippen LogP contribution in [0.1, 0.15) is 55.3 Å². The van der Waals surface area contributed by atoms with Gasteiger partial charge in [-0.3, -0.25) is 9.59 Å². The highest BCUT2D eigenvalue weighted by atomic mass is 35.5. The van der Waals surface area contributed by atoms with Gasteiger partial charge in [-0.05, 0) is 68.1 Å². The number of phenols is 1. The second-order valence-corrected chi connectivity index (χ2v) is 8.68. The van der Waals surface area contributed by atoms with Crippen LogP contribution < -0.4 is 4.74 Å². The van der Waals surface area contributed by atoms with E-state index in [-0.39, 0.29) is 28.1 Å². The maximum atomic E-state index is 13.2. The normalized spacial score (nSPS) is 20.8. The average Bonchev–Trinajstić information content (AvgIpc) is 3.38. The molecule has 1 atom stereocenters. The molecule has 1 saturated carbocycles. The SMILES string of the molecule is CCOc1ccc(/C(O)=C2/C(=O)C(=O)N(C3CCCC3)C2c2ccc(O)c(Cl)c2)cc1C. The molecule has 2 aromatic rings. The molecule has 2 N–H and O–H groups in total. The Balaban J connectivity index is 1.87. The number of aliphatic hydroxyl groups is 1. The van der Waals surface area contributed by atoms with Crippen molar-refractivity contribution in [2.24, 2.45) is 0 Å². The number of phenolic OH excluding ortho intramolecular Hbond substituents is 1. The first kappa shape index (κ1) is 22.2. The van der Waals surface area contributed by atoms with E-state index >= 15 is 0 Å². The molecule has 168 valence electrons. The van der Waals surface area contributed by atoms with Crippen molar-refractivity contribution >= 4 is 29.1 Å². The van der Waals surface area contributed by atoms with E-state index < -0.39 is 17.7 Å². The van der Waals surface area contributed by atoms with Crippen molar-refractivity contribution in [2.75, 3.05) is 6.61 Å². The van der Waals surface area contributed by atoms with Crippen molar-refractivity contribution in [3.63, 3.8) is 0 Å². The van der Waals surface area contributed by atoms with Crippen molar-refractivity contribution in [1.29, 1.82) is 0 Å². The fraction of sp³-hybridized carbons (Fsp3) is 0.360. The number of likely N-dealkylation sites (tertiary alicyclic amines) is 1. The minimum absolute atomic E-state index is 0.0345. The number of nitrogens with zero attached hydrogens (tertiary/aromatic N) is 1. The third-order valence-electron chi connectivity index (χ3n) is 6.23. The number of aryl methyl sites for hydroxylation is 1. The van der Waals surface area contributed by atoms with Gasteiger partial charge < -0.3 is 19.8 Å². The van der Waals surface area contributed by atoms with Gasteiger partial charge >= 0.3 is 0 Å². The molecule has 0 aromatic heterocycles. The van der Waals surface area contributed by atoms with Crippen LogP contribution in [-0.4, -0.2) is 39.5 Å². The van der Waals surface area contributed by atoms with Gasteiger partial charge in [0.25, 0.3) is 11.7 Å². The summed E-state index contributed by atoms with van der Waals surface area (Å²) in [6, 6.07) is 8.92. The van der Waals surface area contributed by atoms with Crippen LogP contribution >= 0.6 is 11.6 Å². The number of carbonyl (C=O) groups is 2. The van der Waals surface area contributed by atoms with Crippen LogP contribution in [-0.2, 0) is 9.59 Å². The van der Waals surface area contributed by atoms with Crippen molar-refractivity contribution < 1.29 is 24.5 Å². The van der Waals surface area contributed by atoms with Crippen LogP contribution in [0.25, 0.3) is 5.76 Å². The number of amides is 1. The number of halogens is 1. The Morgan fingerprint density at radius 3 is 2.50 bits per heavy atom. The topological polar surface area (TPSA) is 87.1 Å². The molecule has 4 rings (SSSR count). The number of rotatable bonds is 5. The van der Waals surface area contributed by atoms with Crippen molar-refractivity contribution in [3.8, 4) is 11.5 Å². The average molecular weight is 456 g/mol. The fourth-order valence-corrected chi connectivity index (χ4v) is 4.89. The molecule has 7 heteroatoms. The van der Waals surface area contributed by atoms with Gasteiger partial charge in [-0.1, -0.05) is 30.5 Å². The molecule has 2 aliphatic rings. The smallest absolute Gasteiger partial charge is 0.295 e. The number of ether oxygens (including phenoxy) is 1. The minimum Gasteiger partial charge on any atom is -0.507 e. The van der Waals surface area contributed by atoms with Gasteiger partial charge in [-0.15, -0.1) is 0 Å². The summed E-state index contributed by atoms with van der Waals surface area (Å²) in [6.07, 6.45) is 3.57. The van der Waals surface area contributed by atoms with Crippen LogP contribution in [0.4, 0.5) is 0 Å². The third kappa shape index (κ3) is 3.84. The molecule has 32 heavy (non-hydrogen) atoms. The predicted molar refractivity (Wildman–Crippen MR) is 122 cm³/mol. The van der Waals surface area contributed by atoms with Gasteiger partial charge in [-0.2, -0.15) is 0 Å². The number of benzene rings is 2. The summed E-state index contributed by atoms with van der Waals surface area (Å²) in [4.78, 5) is 27.9. The highest BCUT2D eigenvalue weighted by molar-refractivity contribution is 6.46. The Hall–Kier alpha value is -2.99. The van der Waals surface area contributed by atoms with Crippen LogP contribution in [0, 0.1) is 6.92 Å². The van der Waals surface area contributed by atoms with E-state index in [4.69, 9.17) is 16.3 Å². The summed E-state index contributed by atoms with van der Waals surface area (Å²) in [5, 5.41) is 21.2. The van der Waals surface area contributed by atoms with E-state index in [1.54, 1.807) is 35.2 Å². The lowest BCUT2D eigenvalue weighted by molar-refractivity contribution is -0.141. The van der Waals surface area contributed by atoms with Crippen LogP contribution in [0.3, 0.4) is 0 Å². The second kappa shape index (κ2) is 8.87. The number of Topliss-reactive ketones (excluding diaryl/α,β-unsaturated/α-hetero) is 1. The largest absolute Gasteiger partial charge is 0.507 e. The number of aliphatic hydroxyl groups excluding tert-OH is 1. The molecule has 1 aliphatic heterocycles. The zero-order valence-corrected chi connectivity index (χ0v) is 18.9. The Morgan fingerprint density at radius 2 is 1.88 bits per heavy atom. The lowest BCUT2D eigenvalue weighted by Gasteiger charge is -2.31. The third-order valence-corrected chi connectivity index (χ3v) is 6.54. The first-order valence-corrected chi connectivity index (χ1v) is 11.2. The summed E-state index contributed by atoms with van der Waals surface area (Å²) in [5.41, 5.74) is 1.85. The van der Waals surface area contributed by atoms with Gasteiger partial charge in [0, 0.05) is 11.6 Å². The minimum atomic E-state index is -0.775. The van der Waals surface area contributed by atoms with E-state index in [1.165, 1.54) is 6.07 Å². The van der Waals surface area contributed by atoms with Gasteiger partial charge in [-0.25, -0.2) is 0 Å². The number of aromatic hydroxyl groups is 1. The molecule has 0 spiro atoms. The molecule has 1 heterocycles. The summed E-state index contributed by atoms with van der Waals surface area (Å²) in [5.74, 6) is -0.956. The van der Waals surface area contributed by atoms with Crippen molar-refractivity contribution in [3.05, 3.63) is 63.7 Å². The second-order valence-electron chi connectivity index (χ2n) is 8.27. The Bertz CT molecular complexity index is 1100. The number of hydrogen-bond acceptors (Lipinski definition) is 5. The monoisotopic (exact) mass is 455 g/mol. The zero-order chi connectivity index (χ0) is 23.0. The lowest BCUT2D eigenvalue weighted by atomic mass is 9.94. The van der Waals surface area contributed by atoms with Crippen LogP contribution in [0.5, 0.6) is 11.5 Å². The highest BCUT2D eigenvalue weighted by Gasteiger charge is 2.49. The van der Waals surface area contributed by atoms with Gasteiger partial charge in [0.05, 0.1) is 23.2 Å². The summed E-state index contributed by atoms with van der Waals surface area (Å²) >= 11 is 6.15. The summed E-state index contributed by atoms with van der Waals surface area (Å²) in [7, 11) is 0. The van der Waals surface area contributed by atoms with Gasteiger partial charge in [0.2, 0.25) is 0 Å². The van der Waals surface area contributed by atoms with Gasteiger partial charge in [0.15, 0.2) is 0 Å². The number of hydrogen-bond donors (Lipinski definition) is 2. The Labute approximate surface area is 192 Å². The molecule has 0 bridgehead atoms. The van der Waals surface area contributed by atoms with Crippen LogP contribution in [0.15, 0.2) is 42.0 Å². The standard InChI is InChI=1S/C25H26ClNO5/c1-3-32-20-11-9-16(12-14(20)2)23(29)21-22(15-8-10-19(28)18(26)13-15)27(25(31)24(21)30)17-6-4-5-7-17/h8-13,17,22,28-29H,3-7H2,1-2H3/b23-21-. The van der Waals surface area contributed by atoms with Crippen molar-refractivity contribution in [1.82, 2.24) is 4.90 Å².